The highest BCUT2D eigenvalue weighted by molar-refractivity contribution is 7.89. The highest BCUT2D eigenvalue weighted by Crippen LogP contribution is 2.11. The van der Waals surface area contributed by atoms with E-state index in [9.17, 15) is 13.2 Å². The fourth-order valence-electron chi connectivity index (χ4n) is 1.59. The third-order valence-corrected chi connectivity index (χ3v) is 4.15. The van der Waals surface area contributed by atoms with E-state index in [1.807, 2.05) is 0 Å². The first-order valence-electron chi connectivity index (χ1n) is 6.28. The second-order valence-corrected chi connectivity index (χ2v) is 5.97. The molecule has 0 saturated heterocycles. The molecule has 0 atom stereocenters. The summed E-state index contributed by atoms with van der Waals surface area (Å²) in [5, 5.41) is 8.58. The minimum Gasteiger partial charge on any atom is -0.383 e. The Morgan fingerprint density at radius 1 is 1.32 bits per heavy atom. The molecule has 0 saturated carbocycles. The van der Waals surface area contributed by atoms with Crippen LogP contribution in [-0.4, -0.2) is 49.8 Å². The maximum atomic E-state index is 12.0. The van der Waals surface area contributed by atoms with Gasteiger partial charge in [-0.3, -0.25) is 10.1 Å². The minimum absolute atomic E-state index is 0.0693. The fourth-order valence-corrected chi connectivity index (χ4v) is 2.61. The van der Waals surface area contributed by atoms with Crippen molar-refractivity contribution in [3.8, 4) is 0 Å². The first-order valence-corrected chi connectivity index (χ1v) is 7.76. The number of nitrogens with zero attached hydrogens (tertiary/aromatic N) is 2. The van der Waals surface area contributed by atoms with Crippen LogP contribution in [0.1, 0.15) is 10.4 Å². The van der Waals surface area contributed by atoms with Gasteiger partial charge >= 0.3 is 0 Å². The molecule has 1 aromatic carbocycles. The second-order valence-electron chi connectivity index (χ2n) is 4.20. The Bertz CT molecular complexity index is 712. The van der Waals surface area contributed by atoms with Gasteiger partial charge in [0.15, 0.2) is 0 Å². The number of benzene rings is 1. The van der Waals surface area contributed by atoms with Crippen LogP contribution in [0.2, 0.25) is 0 Å². The molecule has 0 unspecified atom stereocenters. The number of methoxy groups -OCH3 is 1. The molecule has 2 aromatic rings. The molecule has 1 aromatic heterocycles. The van der Waals surface area contributed by atoms with Gasteiger partial charge in [0, 0.05) is 19.2 Å². The summed E-state index contributed by atoms with van der Waals surface area (Å²) in [6.07, 6.45) is 1.26. The number of anilines is 1. The Kier molecular flexibility index (Phi) is 5.20. The van der Waals surface area contributed by atoms with Gasteiger partial charge in [-0.1, -0.05) is 0 Å². The van der Waals surface area contributed by atoms with Crippen LogP contribution in [0.4, 0.5) is 5.95 Å². The number of ether oxygens (including phenoxy) is 1. The molecule has 0 bridgehead atoms. The summed E-state index contributed by atoms with van der Waals surface area (Å²) in [5.74, 6) is -0.212. The van der Waals surface area contributed by atoms with Crippen LogP contribution < -0.4 is 10.0 Å². The molecule has 9 nitrogen and oxygen atoms in total. The number of carbonyl (C=O) groups is 1. The van der Waals surface area contributed by atoms with Gasteiger partial charge in [0.25, 0.3) is 5.91 Å². The monoisotopic (exact) mass is 325 g/mol. The number of hydrogen-bond acceptors (Lipinski definition) is 6. The molecule has 118 valence electrons. The predicted octanol–water partition coefficient (Wildman–Crippen LogP) is -0.0183. The molecule has 1 heterocycles. The van der Waals surface area contributed by atoms with E-state index in [1.54, 1.807) is 0 Å². The van der Waals surface area contributed by atoms with Crippen molar-refractivity contribution in [3.05, 3.63) is 36.2 Å². The van der Waals surface area contributed by atoms with Gasteiger partial charge in [-0.25, -0.2) is 18.2 Å². The summed E-state index contributed by atoms with van der Waals surface area (Å²) in [6.45, 7) is 0.448. The number of aromatic amines is 1. The third-order valence-electron chi connectivity index (χ3n) is 2.67. The Hall–Kier alpha value is -2.30. The van der Waals surface area contributed by atoms with Crippen LogP contribution in [0.15, 0.2) is 35.5 Å². The van der Waals surface area contributed by atoms with Crippen LogP contribution in [0.3, 0.4) is 0 Å². The van der Waals surface area contributed by atoms with Gasteiger partial charge in [0.1, 0.15) is 6.33 Å². The molecule has 0 fully saturated rings. The van der Waals surface area contributed by atoms with Gasteiger partial charge in [-0.15, -0.1) is 0 Å². The van der Waals surface area contributed by atoms with E-state index in [-0.39, 0.29) is 24.0 Å². The summed E-state index contributed by atoms with van der Waals surface area (Å²) in [7, 11) is -2.13. The zero-order valence-corrected chi connectivity index (χ0v) is 12.6. The zero-order chi connectivity index (χ0) is 16.0. The second kappa shape index (κ2) is 7.11. The van der Waals surface area contributed by atoms with Gasteiger partial charge in [0.05, 0.1) is 11.5 Å². The predicted molar refractivity (Wildman–Crippen MR) is 77.8 cm³/mol. The van der Waals surface area contributed by atoms with Crippen molar-refractivity contribution in [2.75, 3.05) is 25.6 Å². The average Bonchev–Trinajstić information content (AvgIpc) is 3.00. The van der Waals surface area contributed by atoms with E-state index in [4.69, 9.17) is 4.74 Å². The molecule has 22 heavy (non-hydrogen) atoms. The standard InChI is InChI=1S/C12H15N5O4S/c1-21-7-6-15-22(19,20)10-4-2-9(3-5-10)11(18)16-12-13-8-14-17-12/h2-5,8,15H,6-7H2,1H3,(H2,13,14,16,17,18). The fraction of sp³-hybridized carbons (Fsp3) is 0.250. The lowest BCUT2D eigenvalue weighted by atomic mass is 10.2. The lowest BCUT2D eigenvalue weighted by Gasteiger charge is -2.07. The molecule has 1 amide bonds. The van der Waals surface area contributed by atoms with E-state index in [0.29, 0.717) is 5.56 Å². The summed E-state index contributed by atoms with van der Waals surface area (Å²) in [4.78, 5) is 15.7. The number of sulfonamides is 1. The van der Waals surface area contributed by atoms with Crippen LogP contribution in [-0.2, 0) is 14.8 Å². The Labute approximate surface area is 127 Å². The molecule has 0 aliphatic heterocycles. The van der Waals surface area contributed by atoms with Crippen LogP contribution in [0.25, 0.3) is 0 Å². The number of rotatable bonds is 7. The van der Waals surface area contributed by atoms with Gasteiger partial charge < -0.3 is 4.74 Å². The number of aromatic nitrogens is 3. The first-order chi connectivity index (χ1) is 10.5. The van der Waals surface area contributed by atoms with Gasteiger partial charge in [0.2, 0.25) is 16.0 Å². The number of amides is 1. The lowest BCUT2D eigenvalue weighted by Crippen LogP contribution is -2.27. The molecule has 2 rings (SSSR count). The highest BCUT2D eigenvalue weighted by atomic mass is 32.2. The number of hydrogen-bond donors (Lipinski definition) is 3. The van der Waals surface area contributed by atoms with Crippen molar-refractivity contribution in [2.45, 2.75) is 4.90 Å². The third kappa shape index (κ3) is 4.10. The highest BCUT2D eigenvalue weighted by Gasteiger charge is 2.14. The first kappa shape index (κ1) is 16.1. The van der Waals surface area contributed by atoms with Crippen molar-refractivity contribution in [3.63, 3.8) is 0 Å². The average molecular weight is 325 g/mol. The van der Waals surface area contributed by atoms with Crippen LogP contribution in [0, 0.1) is 0 Å². The van der Waals surface area contributed by atoms with E-state index in [2.05, 4.69) is 25.2 Å². The summed E-state index contributed by atoms with van der Waals surface area (Å²) in [6, 6.07) is 5.53. The number of carbonyl (C=O) groups excluding carboxylic acids is 1. The lowest BCUT2D eigenvalue weighted by molar-refractivity contribution is 0.102. The molecular weight excluding hydrogens is 310 g/mol. The molecule has 0 spiro atoms. The molecule has 10 heteroatoms. The smallest absolute Gasteiger partial charge is 0.258 e. The van der Waals surface area contributed by atoms with Crippen molar-refractivity contribution in [1.82, 2.24) is 19.9 Å². The molecule has 0 radical (unpaired) electrons. The van der Waals surface area contributed by atoms with E-state index >= 15 is 0 Å². The van der Waals surface area contributed by atoms with Crippen molar-refractivity contribution < 1.29 is 17.9 Å². The number of H-pyrrole nitrogens is 1. The topological polar surface area (TPSA) is 126 Å². The quantitative estimate of drug-likeness (QED) is 0.614. The summed E-state index contributed by atoms with van der Waals surface area (Å²) in [5.41, 5.74) is 0.298. The van der Waals surface area contributed by atoms with Crippen molar-refractivity contribution in [1.29, 1.82) is 0 Å². The number of nitrogens with one attached hydrogen (secondary N) is 3. The largest absolute Gasteiger partial charge is 0.383 e. The van der Waals surface area contributed by atoms with Crippen LogP contribution >= 0.6 is 0 Å². The van der Waals surface area contributed by atoms with Crippen molar-refractivity contribution >= 4 is 21.9 Å². The summed E-state index contributed by atoms with van der Waals surface area (Å²) >= 11 is 0. The van der Waals surface area contributed by atoms with Gasteiger partial charge in [-0.05, 0) is 24.3 Å². The Morgan fingerprint density at radius 3 is 2.64 bits per heavy atom. The van der Waals surface area contributed by atoms with E-state index in [1.165, 1.54) is 37.7 Å². The van der Waals surface area contributed by atoms with Crippen molar-refractivity contribution in [2.24, 2.45) is 0 Å². The van der Waals surface area contributed by atoms with E-state index in [0.717, 1.165) is 0 Å². The van der Waals surface area contributed by atoms with Crippen LogP contribution in [0.5, 0.6) is 0 Å². The van der Waals surface area contributed by atoms with Gasteiger partial charge in [-0.2, -0.15) is 10.1 Å². The molecule has 0 aliphatic carbocycles. The maximum absolute atomic E-state index is 12.0. The molecular formula is C12H15N5O4S. The maximum Gasteiger partial charge on any atom is 0.258 e. The molecule has 0 aliphatic rings. The SMILES string of the molecule is COCCNS(=O)(=O)c1ccc(C(=O)Nc2ncn[nH]2)cc1. The zero-order valence-electron chi connectivity index (χ0n) is 11.7. The summed E-state index contributed by atoms with van der Waals surface area (Å²) < 4.78 is 31.1. The molecule has 3 N–H and O–H groups in total. The Morgan fingerprint density at radius 2 is 2.05 bits per heavy atom. The minimum atomic E-state index is -3.62. The Balaban J connectivity index is 2.05. The van der Waals surface area contributed by atoms with E-state index < -0.39 is 15.9 Å². The normalized spacial score (nSPS) is 11.3.